The Hall–Kier alpha value is -3.35. The first-order valence-electron chi connectivity index (χ1n) is 8.98. The van der Waals surface area contributed by atoms with Gasteiger partial charge < -0.3 is 5.32 Å². The van der Waals surface area contributed by atoms with E-state index in [1.165, 1.54) is 24.3 Å². The van der Waals surface area contributed by atoms with E-state index < -0.39 is 10.8 Å². The zero-order valence-corrected chi connectivity index (χ0v) is 14.9. The van der Waals surface area contributed by atoms with Crippen LogP contribution in [0.1, 0.15) is 42.2 Å². The topological polar surface area (TPSA) is 89.3 Å². The number of nitro benzene ring substituents is 1. The summed E-state index contributed by atoms with van der Waals surface area (Å²) in [5, 5.41) is 13.7. The minimum atomic E-state index is -0.485. The maximum Gasteiger partial charge on any atom is 0.269 e. The van der Waals surface area contributed by atoms with E-state index in [1.807, 2.05) is 0 Å². The highest BCUT2D eigenvalue weighted by Gasteiger charge is 2.38. The summed E-state index contributed by atoms with van der Waals surface area (Å²) in [5.74, 6) is -1.11. The van der Waals surface area contributed by atoms with Crippen molar-refractivity contribution in [2.24, 2.45) is 0 Å². The molecule has 0 saturated heterocycles. The van der Waals surface area contributed by atoms with Crippen LogP contribution in [0.3, 0.4) is 0 Å². The lowest BCUT2D eigenvalue weighted by atomic mass is 9.73. The van der Waals surface area contributed by atoms with Gasteiger partial charge in [0.2, 0.25) is 5.91 Å². The van der Waals surface area contributed by atoms with Crippen molar-refractivity contribution in [3.63, 3.8) is 0 Å². The van der Waals surface area contributed by atoms with Crippen LogP contribution in [0, 0.1) is 15.9 Å². The molecule has 1 heterocycles. The van der Waals surface area contributed by atoms with Gasteiger partial charge >= 0.3 is 0 Å². The number of hydrogen-bond acceptors (Lipinski definition) is 4. The number of amides is 1. The molecular weight excluding hydrogens is 363 g/mol. The Balaban J connectivity index is 1.68. The second kappa shape index (κ2) is 6.99. The number of allylic oxidation sites excluding steroid dienone is 2. The Morgan fingerprint density at radius 1 is 0.929 bits per heavy atom. The summed E-state index contributed by atoms with van der Waals surface area (Å²) in [6, 6.07) is 12.0. The standard InChI is InChI=1S/C21H17FN2O4/c22-15-5-1-12(2-6-15)14-9-18-21(19(25)10-14)17(11-20(26)23-18)13-3-7-16(8-4-13)24(27)28/h1-8,14,17H,9-11H2,(H,23,26)/t14-,17-/m0/s1. The van der Waals surface area contributed by atoms with Crippen LogP contribution in [-0.2, 0) is 9.59 Å². The highest BCUT2D eigenvalue weighted by Crippen LogP contribution is 2.42. The Kier molecular flexibility index (Phi) is 4.50. The molecule has 1 N–H and O–H groups in total. The Morgan fingerprint density at radius 2 is 1.57 bits per heavy atom. The number of halogens is 1. The number of carbonyl (C=O) groups excluding carboxylic acids is 2. The number of hydrogen-bond donors (Lipinski definition) is 1. The van der Waals surface area contributed by atoms with E-state index in [0.29, 0.717) is 23.3 Å². The van der Waals surface area contributed by atoms with Crippen LogP contribution >= 0.6 is 0 Å². The third-order valence-electron chi connectivity index (χ3n) is 5.38. The predicted molar refractivity (Wildman–Crippen MR) is 99.0 cm³/mol. The van der Waals surface area contributed by atoms with E-state index in [4.69, 9.17) is 0 Å². The summed E-state index contributed by atoms with van der Waals surface area (Å²) in [6.45, 7) is 0. The highest BCUT2D eigenvalue weighted by atomic mass is 19.1. The highest BCUT2D eigenvalue weighted by molar-refractivity contribution is 6.02. The second-order valence-corrected chi connectivity index (χ2v) is 7.13. The Labute approximate surface area is 160 Å². The van der Waals surface area contributed by atoms with E-state index in [9.17, 15) is 24.1 Å². The van der Waals surface area contributed by atoms with Crippen molar-refractivity contribution in [3.8, 4) is 0 Å². The lowest BCUT2D eigenvalue weighted by Gasteiger charge is -2.34. The molecule has 28 heavy (non-hydrogen) atoms. The lowest BCUT2D eigenvalue weighted by molar-refractivity contribution is -0.384. The summed E-state index contributed by atoms with van der Waals surface area (Å²) in [4.78, 5) is 35.6. The molecule has 6 nitrogen and oxygen atoms in total. The number of benzene rings is 2. The molecule has 2 atom stereocenters. The van der Waals surface area contributed by atoms with Gasteiger partial charge in [-0.05, 0) is 35.6 Å². The fraction of sp³-hybridized carbons (Fsp3) is 0.238. The number of nitro groups is 1. The molecule has 0 unspecified atom stereocenters. The number of nitrogens with one attached hydrogen (secondary N) is 1. The summed E-state index contributed by atoms with van der Waals surface area (Å²) in [5.41, 5.74) is 2.70. The zero-order valence-electron chi connectivity index (χ0n) is 14.9. The molecule has 0 bridgehead atoms. The van der Waals surface area contributed by atoms with Crippen molar-refractivity contribution in [2.45, 2.75) is 31.1 Å². The van der Waals surface area contributed by atoms with Crippen LogP contribution in [0.2, 0.25) is 0 Å². The number of Topliss-reactive ketones (excluding diaryl/α,β-unsaturated/α-hetero) is 1. The summed E-state index contributed by atoms with van der Waals surface area (Å²) < 4.78 is 13.2. The molecule has 2 aliphatic rings. The van der Waals surface area contributed by atoms with Gasteiger partial charge in [-0.25, -0.2) is 4.39 Å². The largest absolute Gasteiger partial charge is 0.329 e. The van der Waals surface area contributed by atoms with Gasteiger partial charge in [0.05, 0.1) is 4.92 Å². The Bertz CT molecular complexity index is 996. The zero-order chi connectivity index (χ0) is 19.8. The van der Waals surface area contributed by atoms with Gasteiger partial charge in [0, 0.05) is 42.2 Å². The van der Waals surface area contributed by atoms with Crippen LogP contribution in [-0.4, -0.2) is 16.6 Å². The minimum absolute atomic E-state index is 0.0374. The molecular formula is C21H17FN2O4. The molecule has 2 aromatic rings. The average Bonchev–Trinajstić information content (AvgIpc) is 2.67. The van der Waals surface area contributed by atoms with Crippen LogP contribution in [0.5, 0.6) is 0 Å². The number of ketones is 1. The van der Waals surface area contributed by atoms with Crippen molar-refractivity contribution < 1.29 is 18.9 Å². The molecule has 1 aliphatic heterocycles. The first-order chi connectivity index (χ1) is 13.4. The summed E-state index contributed by atoms with van der Waals surface area (Å²) in [6.07, 6.45) is 0.898. The van der Waals surface area contributed by atoms with Crippen molar-refractivity contribution in [2.75, 3.05) is 0 Å². The van der Waals surface area contributed by atoms with Crippen LogP contribution < -0.4 is 5.32 Å². The molecule has 0 radical (unpaired) electrons. The van der Waals surface area contributed by atoms with E-state index in [2.05, 4.69) is 5.32 Å². The molecule has 4 rings (SSSR count). The number of rotatable bonds is 3. The summed E-state index contributed by atoms with van der Waals surface area (Å²) in [7, 11) is 0. The average molecular weight is 380 g/mol. The van der Waals surface area contributed by atoms with E-state index in [1.54, 1.807) is 24.3 Å². The van der Waals surface area contributed by atoms with Crippen LogP contribution in [0.25, 0.3) is 0 Å². The predicted octanol–water partition coefficient (Wildman–Crippen LogP) is 3.74. The molecule has 1 aliphatic carbocycles. The fourth-order valence-electron chi connectivity index (χ4n) is 4.04. The SMILES string of the molecule is O=C1C[C@@H](c2ccc([N+](=O)[O-])cc2)C2=C(C[C@H](c3ccc(F)cc3)CC2=O)N1. The van der Waals surface area contributed by atoms with Gasteiger partial charge in [-0.2, -0.15) is 0 Å². The first kappa shape index (κ1) is 18.0. The van der Waals surface area contributed by atoms with Gasteiger partial charge in [0.25, 0.3) is 5.69 Å². The quantitative estimate of drug-likeness (QED) is 0.649. The van der Waals surface area contributed by atoms with Crippen molar-refractivity contribution in [3.05, 3.63) is 86.9 Å². The third-order valence-corrected chi connectivity index (χ3v) is 5.38. The van der Waals surface area contributed by atoms with Crippen LogP contribution in [0.4, 0.5) is 10.1 Å². The van der Waals surface area contributed by atoms with Crippen LogP contribution in [0.15, 0.2) is 59.8 Å². The number of non-ortho nitro benzene ring substituents is 1. The minimum Gasteiger partial charge on any atom is -0.329 e. The van der Waals surface area contributed by atoms with Crippen molar-refractivity contribution >= 4 is 17.4 Å². The van der Waals surface area contributed by atoms with Crippen molar-refractivity contribution in [1.82, 2.24) is 5.32 Å². The van der Waals surface area contributed by atoms with Gasteiger partial charge in [0.15, 0.2) is 5.78 Å². The van der Waals surface area contributed by atoms with Gasteiger partial charge in [-0.1, -0.05) is 24.3 Å². The molecule has 2 aromatic carbocycles. The molecule has 142 valence electrons. The third kappa shape index (κ3) is 3.31. The normalized spacial score (nSPS) is 21.9. The Morgan fingerprint density at radius 3 is 2.21 bits per heavy atom. The monoisotopic (exact) mass is 380 g/mol. The molecule has 0 fully saturated rings. The van der Waals surface area contributed by atoms with Gasteiger partial charge in [-0.15, -0.1) is 0 Å². The van der Waals surface area contributed by atoms with Gasteiger partial charge in [-0.3, -0.25) is 19.7 Å². The number of carbonyl (C=O) groups is 2. The van der Waals surface area contributed by atoms with E-state index in [-0.39, 0.29) is 42.0 Å². The molecule has 0 aromatic heterocycles. The van der Waals surface area contributed by atoms with E-state index in [0.717, 1.165) is 5.56 Å². The summed E-state index contributed by atoms with van der Waals surface area (Å²) >= 11 is 0. The maximum absolute atomic E-state index is 13.2. The molecule has 1 amide bonds. The van der Waals surface area contributed by atoms with Gasteiger partial charge in [0.1, 0.15) is 5.82 Å². The smallest absolute Gasteiger partial charge is 0.269 e. The first-order valence-corrected chi connectivity index (χ1v) is 8.98. The number of nitrogens with zero attached hydrogens (tertiary/aromatic N) is 1. The molecule has 0 spiro atoms. The molecule has 7 heteroatoms. The van der Waals surface area contributed by atoms with E-state index >= 15 is 0 Å². The molecule has 0 saturated carbocycles. The lowest BCUT2D eigenvalue weighted by Crippen LogP contribution is -2.38. The maximum atomic E-state index is 13.2. The van der Waals surface area contributed by atoms with Crippen molar-refractivity contribution in [1.29, 1.82) is 0 Å². The second-order valence-electron chi connectivity index (χ2n) is 7.13. The fourth-order valence-corrected chi connectivity index (χ4v) is 4.04.